The summed E-state index contributed by atoms with van der Waals surface area (Å²) in [5, 5.41) is 8.43. The Bertz CT molecular complexity index is 1240. The van der Waals surface area contributed by atoms with E-state index in [9.17, 15) is 9.18 Å². The SMILES string of the molecule is CCOC(=O)c1cnn(-c2nc(OC)c3c(cnn3Cc3cccc(Br)c3F)n2)c1. The summed E-state index contributed by atoms with van der Waals surface area (Å²) >= 11 is 3.19. The molecule has 4 rings (SSSR count). The summed E-state index contributed by atoms with van der Waals surface area (Å²) in [6, 6.07) is 5.06. The highest BCUT2D eigenvalue weighted by atomic mass is 79.9. The van der Waals surface area contributed by atoms with E-state index in [1.54, 1.807) is 29.8 Å². The standard InChI is InChI=1S/C19H16BrFN6O3/c1-3-30-18(28)12-7-22-27(10-12)19-24-14-8-23-26(16(14)17(25-19)29-2)9-11-5-4-6-13(20)15(11)21/h4-8,10H,3,9H2,1-2H3. The molecule has 3 heterocycles. The van der Waals surface area contributed by atoms with E-state index in [0.29, 0.717) is 21.1 Å². The molecule has 9 nitrogen and oxygen atoms in total. The molecule has 11 heteroatoms. The summed E-state index contributed by atoms with van der Waals surface area (Å²) in [6.45, 7) is 2.16. The van der Waals surface area contributed by atoms with Crippen molar-refractivity contribution in [3.05, 3.63) is 58.2 Å². The van der Waals surface area contributed by atoms with Crippen LogP contribution < -0.4 is 4.74 Å². The molecule has 0 bridgehead atoms. The Morgan fingerprint density at radius 1 is 1.23 bits per heavy atom. The zero-order valence-electron chi connectivity index (χ0n) is 16.0. The van der Waals surface area contributed by atoms with Gasteiger partial charge in [-0.3, -0.25) is 4.68 Å². The van der Waals surface area contributed by atoms with Crippen molar-refractivity contribution in [2.75, 3.05) is 13.7 Å². The Morgan fingerprint density at radius 2 is 2.07 bits per heavy atom. The number of hydrogen-bond acceptors (Lipinski definition) is 7. The van der Waals surface area contributed by atoms with Gasteiger partial charge >= 0.3 is 5.97 Å². The van der Waals surface area contributed by atoms with Crippen LogP contribution in [0.25, 0.3) is 17.0 Å². The molecule has 0 N–H and O–H groups in total. The number of methoxy groups -OCH3 is 1. The van der Waals surface area contributed by atoms with Crippen LogP contribution in [0.1, 0.15) is 22.8 Å². The van der Waals surface area contributed by atoms with Gasteiger partial charge in [-0.15, -0.1) is 0 Å². The fourth-order valence-electron chi connectivity index (χ4n) is 2.90. The monoisotopic (exact) mass is 474 g/mol. The average molecular weight is 475 g/mol. The molecule has 0 saturated heterocycles. The number of fused-ring (bicyclic) bond motifs is 1. The molecule has 4 aromatic rings. The Morgan fingerprint density at radius 3 is 2.83 bits per heavy atom. The maximum absolute atomic E-state index is 14.4. The van der Waals surface area contributed by atoms with Gasteiger partial charge < -0.3 is 9.47 Å². The van der Waals surface area contributed by atoms with E-state index in [4.69, 9.17) is 9.47 Å². The van der Waals surface area contributed by atoms with Crippen LogP contribution in [0.3, 0.4) is 0 Å². The second-order valence-electron chi connectivity index (χ2n) is 6.18. The first kappa shape index (κ1) is 20.0. The van der Waals surface area contributed by atoms with E-state index in [1.165, 1.54) is 30.4 Å². The normalized spacial score (nSPS) is 11.1. The first-order valence-corrected chi connectivity index (χ1v) is 9.73. The van der Waals surface area contributed by atoms with E-state index in [-0.39, 0.29) is 36.4 Å². The molecular weight excluding hydrogens is 459 g/mol. The summed E-state index contributed by atoms with van der Waals surface area (Å²) in [6.07, 6.45) is 4.38. The number of carbonyl (C=O) groups is 1. The highest BCUT2D eigenvalue weighted by Crippen LogP contribution is 2.26. The van der Waals surface area contributed by atoms with Crippen molar-refractivity contribution in [1.29, 1.82) is 0 Å². The number of benzene rings is 1. The van der Waals surface area contributed by atoms with E-state index < -0.39 is 5.97 Å². The second-order valence-corrected chi connectivity index (χ2v) is 7.03. The number of carbonyl (C=O) groups excluding carboxylic acids is 1. The number of halogens is 2. The fourth-order valence-corrected chi connectivity index (χ4v) is 3.31. The van der Waals surface area contributed by atoms with Gasteiger partial charge in [0.05, 0.1) is 42.7 Å². The van der Waals surface area contributed by atoms with Gasteiger partial charge in [-0.05, 0) is 28.9 Å². The average Bonchev–Trinajstić information content (AvgIpc) is 3.39. The van der Waals surface area contributed by atoms with Gasteiger partial charge in [0.1, 0.15) is 16.9 Å². The molecule has 0 amide bonds. The maximum atomic E-state index is 14.4. The summed E-state index contributed by atoms with van der Waals surface area (Å²) in [4.78, 5) is 20.7. The lowest BCUT2D eigenvalue weighted by Crippen LogP contribution is -2.08. The smallest absolute Gasteiger partial charge is 0.341 e. The molecule has 0 aliphatic heterocycles. The third kappa shape index (κ3) is 3.63. The first-order chi connectivity index (χ1) is 14.5. The molecule has 0 atom stereocenters. The summed E-state index contributed by atoms with van der Waals surface area (Å²) in [5.74, 6) is -0.402. The predicted octanol–water partition coefficient (Wildman–Crippen LogP) is 3.15. The van der Waals surface area contributed by atoms with Crippen LogP contribution in [-0.2, 0) is 11.3 Å². The number of aromatic nitrogens is 6. The van der Waals surface area contributed by atoms with E-state index in [0.717, 1.165) is 0 Å². The molecule has 1 aromatic carbocycles. The highest BCUT2D eigenvalue weighted by molar-refractivity contribution is 9.10. The summed E-state index contributed by atoms with van der Waals surface area (Å²) < 4.78 is 28.1. The predicted molar refractivity (Wildman–Crippen MR) is 108 cm³/mol. The molecule has 154 valence electrons. The zero-order valence-corrected chi connectivity index (χ0v) is 17.6. The topological polar surface area (TPSA) is 97.0 Å². The van der Waals surface area contributed by atoms with E-state index in [1.807, 2.05) is 0 Å². The fraction of sp³-hybridized carbons (Fsp3) is 0.211. The van der Waals surface area contributed by atoms with Crippen LogP contribution in [0.5, 0.6) is 5.88 Å². The molecule has 0 aliphatic rings. The van der Waals surface area contributed by atoms with Crippen LogP contribution >= 0.6 is 15.9 Å². The largest absolute Gasteiger partial charge is 0.479 e. The van der Waals surface area contributed by atoms with Crippen molar-refractivity contribution in [2.24, 2.45) is 0 Å². The number of nitrogens with zero attached hydrogens (tertiary/aromatic N) is 6. The van der Waals surface area contributed by atoms with Crippen LogP contribution in [0.2, 0.25) is 0 Å². The number of esters is 1. The molecule has 0 saturated carbocycles. The Kier molecular flexibility index (Phi) is 5.44. The third-order valence-corrected chi connectivity index (χ3v) is 4.90. The molecule has 0 radical (unpaired) electrons. The zero-order chi connectivity index (χ0) is 21.3. The Balaban J connectivity index is 1.73. The minimum atomic E-state index is -0.485. The number of rotatable bonds is 6. The number of hydrogen-bond donors (Lipinski definition) is 0. The van der Waals surface area contributed by atoms with E-state index >= 15 is 0 Å². The van der Waals surface area contributed by atoms with Gasteiger partial charge in [-0.1, -0.05) is 12.1 Å². The Labute approximate surface area is 178 Å². The molecule has 0 aliphatic carbocycles. The highest BCUT2D eigenvalue weighted by Gasteiger charge is 2.18. The van der Waals surface area contributed by atoms with Crippen LogP contribution in [0, 0.1) is 5.82 Å². The molecule has 3 aromatic heterocycles. The van der Waals surface area contributed by atoms with Gasteiger partial charge in [0.15, 0.2) is 0 Å². The summed E-state index contributed by atoms with van der Waals surface area (Å²) in [7, 11) is 1.47. The van der Waals surface area contributed by atoms with Crippen molar-refractivity contribution in [3.8, 4) is 11.8 Å². The van der Waals surface area contributed by atoms with Crippen molar-refractivity contribution < 1.29 is 18.7 Å². The van der Waals surface area contributed by atoms with Crippen molar-refractivity contribution >= 4 is 32.9 Å². The molecule has 0 spiro atoms. The minimum absolute atomic E-state index is 0.169. The van der Waals surface area contributed by atoms with Crippen LogP contribution in [-0.4, -0.2) is 49.2 Å². The van der Waals surface area contributed by atoms with Gasteiger partial charge in [-0.25, -0.2) is 18.9 Å². The quantitative estimate of drug-likeness (QED) is 0.396. The van der Waals surface area contributed by atoms with Gasteiger partial charge in [-0.2, -0.15) is 15.2 Å². The molecular formula is C19H16BrFN6O3. The first-order valence-electron chi connectivity index (χ1n) is 8.94. The lowest BCUT2D eigenvalue weighted by atomic mass is 10.2. The molecule has 30 heavy (non-hydrogen) atoms. The van der Waals surface area contributed by atoms with Gasteiger partial charge in [0.25, 0.3) is 5.95 Å². The van der Waals surface area contributed by atoms with Crippen LogP contribution in [0.15, 0.2) is 41.3 Å². The third-order valence-electron chi connectivity index (χ3n) is 4.29. The van der Waals surface area contributed by atoms with Gasteiger partial charge in [0, 0.05) is 11.8 Å². The number of ether oxygens (including phenoxy) is 2. The van der Waals surface area contributed by atoms with Crippen molar-refractivity contribution in [2.45, 2.75) is 13.5 Å². The van der Waals surface area contributed by atoms with Crippen molar-refractivity contribution in [3.63, 3.8) is 0 Å². The van der Waals surface area contributed by atoms with Gasteiger partial charge in [0.2, 0.25) is 5.88 Å². The second kappa shape index (κ2) is 8.19. The van der Waals surface area contributed by atoms with E-state index in [2.05, 4.69) is 36.1 Å². The minimum Gasteiger partial charge on any atom is -0.479 e. The lowest BCUT2D eigenvalue weighted by molar-refractivity contribution is 0.0526. The maximum Gasteiger partial charge on any atom is 0.341 e. The van der Waals surface area contributed by atoms with Crippen molar-refractivity contribution in [1.82, 2.24) is 29.5 Å². The molecule has 0 unspecified atom stereocenters. The summed E-state index contributed by atoms with van der Waals surface area (Å²) in [5.41, 5.74) is 1.73. The lowest BCUT2D eigenvalue weighted by Gasteiger charge is -2.09. The molecule has 0 fully saturated rings. The Hall–Kier alpha value is -3.34. The van der Waals surface area contributed by atoms with Crippen LogP contribution in [0.4, 0.5) is 4.39 Å².